The van der Waals surface area contributed by atoms with Gasteiger partial charge >= 0.3 is 11.9 Å². The summed E-state index contributed by atoms with van der Waals surface area (Å²) < 4.78 is 42.1. The van der Waals surface area contributed by atoms with Gasteiger partial charge in [-0.1, -0.05) is 78.1 Å². The maximum Gasteiger partial charge on any atom is 0.305 e. The molecule has 0 heterocycles. The molecule has 0 saturated heterocycles. The Balaban J connectivity index is 4.06. The highest BCUT2D eigenvalue weighted by molar-refractivity contribution is 7.86. The molecular formula is C21H40O7S. The van der Waals surface area contributed by atoms with E-state index in [1.165, 1.54) is 12.8 Å². The molecule has 0 aromatic heterocycles. The molecule has 7 nitrogen and oxygen atoms in total. The first-order valence-corrected chi connectivity index (χ1v) is 12.6. The van der Waals surface area contributed by atoms with Gasteiger partial charge in [0.15, 0.2) is 5.25 Å². The van der Waals surface area contributed by atoms with E-state index in [1.54, 1.807) is 0 Å². The molecule has 29 heavy (non-hydrogen) atoms. The Hall–Kier alpha value is -1.15. The molecule has 0 rings (SSSR count). The van der Waals surface area contributed by atoms with Gasteiger partial charge in [-0.3, -0.25) is 14.1 Å². The second kappa shape index (κ2) is 17.7. The Morgan fingerprint density at radius 3 is 1.38 bits per heavy atom. The van der Waals surface area contributed by atoms with Gasteiger partial charge in [0.25, 0.3) is 10.1 Å². The van der Waals surface area contributed by atoms with E-state index >= 15 is 0 Å². The molecule has 0 fully saturated rings. The van der Waals surface area contributed by atoms with Crippen LogP contribution >= 0.6 is 0 Å². The summed E-state index contributed by atoms with van der Waals surface area (Å²) in [6.45, 7) is 3.24. The second-order valence-corrected chi connectivity index (χ2v) is 9.24. The smallest absolute Gasteiger partial charge is 0.305 e. The van der Waals surface area contributed by atoms with Crippen LogP contribution in [0.3, 0.4) is 0 Å². The average molecular weight is 437 g/mol. The molecule has 0 bridgehead atoms. The van der Waals surface area contributed by atoms with E-state index in [0.717, 1.165) is 51.4 Å². The summed E-state index contributed by atoms with van der Waals surface area (Å²) >= 11 is 0. The van der Waals surface area contributed by atoms with Gasteiger partial charge < -0.3 is 9.47 Å². The van der Waals surface area contributed by atoms with Crippen molar-refractivity contribution < 1.29 is 32.0 Å². The van der Waals surface area contributed by atoms with Crippen molar-refractivity contribution in [2.24, 2.45) is 0 Å². The summed E-state index contributed by atoms with van der Waals surface area (Å²) in [6.07, 6.45) is 12.7. The molecule has 0 aromatic carbocycles. The van der Waals surface area contributed by atoms with Gasteiger partial charge in [0.1, 0.15) is 13.2 Å². The minimum absolute atomic E-state index is 0.210. The van der Waals surface area contributed by atoms with Crippen LogP contribution in [0.2, 0.25) is 0 Å². The first-order chi connectivity index (χ1) is 13.8. The number of rotatable bonds is 19. The van der Waals surface area contributed by atoms with Crippen molar-refractivity contribution in [3.63, 3.8) is 0 Å². The lowest BCUT2D eigenvalue weighted by Crippen LogP contribution is -2.33. The Bertz CT molecular complexity index is 499. The lowest BCUT2D eigenvalue weighted by atomic mass is 10.1. The number of hydrogen-bond acceptors (Lipinski definition) is 6. The highest BCUT2D eigenvalue weighted by Gasteiger charge is 2.26. The SMILES string of the molecule is CCCCCCCCC(=O)OCC(COC(=O)CCCCCCCC)S(=O)(=O)O. The fourth-order valence-corrected chi connectivity index (χ4v) is 3.32. The van der Waals surface area contributed by atoms with Gasteiger partial charge in [-0.25, -0.2) is 0 Å². The van der Waals surface area contributed by atoms with E-state index in [1.807, 2.05) is 0 Å². The van der Waals surface area contributed by atoms with Gasteiger partial charge in [0, 0.05) is 12.8 Å². The number of hydrogen-bond donors (Lipinski definition) is 1. The van der Waals surface area contributed by atoms with Gasteiger partial charge in [-0.15, -0.1) is 0 Å². The van der Waals surface area contributed by atoms with Crippen molar-refractivity contribution in [1.82, 2.24) is 0 Å². The van der Waals surface area contributed by atoms with Gasteiger partial charge in [-0.05, 0) is 12.8 Å². The molecule has 0 amide bonds. The van der Waals surface area contributed by atoms with Crippen molar-refractivity contribution in [3.05, 3.63) is 0 Å². The van der Waals surface area contributed by atoms with Crippen molar-refractivity contribution in [2.75, 3.05) is 13.2 Å². The molecule has 0 aliphatic rings. The summed E-state index contributed by atoms with van der Waals surface area (Å²) in [5.74, 6) is -1.01. The second-order valence-electron chi connectivity index (χ2n) is 7.54. The number of carbonyl (C=O) groups excluding carboxylic acids is 2. The van der Waals surface area contributed by atoms with E-state index in [-0.39, 0.29) is 12.8 Å². The molecule has 0 atom stereocenters. The van der Waals surface area contributed by atoms with E-state index in [0.29, 0.717) is 12.8 Å². The third kappa shape index (κ3) is 17.4. The van der Waals surface area contributed by atoms with Crippen LogP contribution in [0.4, 0.5) is 0 Å². The molecule has 0 unspecified atom stereocenters. The number of esters is 2. The van der Waals surface area contributed by atoms with Crippen molar-refractivity contribution in [1.29, 1.82) is 0 Å². The molecule has 0 saturated carbocycles. The summed E-state index contributed by atoms with van der Waals surface area (Å²) in [4.78, 5) is 23.5. The predicted molar refractivity (Wildman–Crippen MR) is 113 cm³/mol. The maximum atomic E-state index is 11.7. The summed E-state index contributed by atoms with van der Waals surface area (Å²) in [5, 5.41) is -1.45. The van der Waals surface area contributed by atoms with Gasteiger partial charge in [0.2, 0.25) is 0 Å². The van der Waals surface area contributed by atoms with Crippen molar-refractivity contribution in [2.45, 2.75) is 109 Å². The number of ether oxygens (including phenoxy) is 2. The van der Waals surface area contributed by atoms with Gasteiger partial charge in [0.05, 0.1) is 0 Å². The fourth-order valence-electron chi connectivity index (χ4n) is 2.84. The lowest BCUT2D eigenvalue weighted by molar-refractivity contribution is -0.146. The average Bonchev–Trinajstić information content (AvgIpc) is 2.66. The highest BCUT2D eigenvalue weighted by Crippen LogP contribution is 2.10. The number of unbranched alkanes of at least 4 members (excludes halogenated alkanes) is 10. The van der Waals surface area contributed by atoms with E-state index in [9.17, 15) is 22.6 Å². The quantitative estimate of drug-likeness (QED) is 0.175. The number of carbonyl (C=O) groups is 2. The van der Waals surface area contributed by atoms with Crippen LogP contribution in [-0.4, -0.2) is 43.4 Å². The summed E-state index contributed by atoms with van der Waals surface area (Å²) in [5.41, 5.74) is 0. The first kappa shape index (κ1) is 27.8. The molecule has 0 aliphatic heterocycles. The molecule has 0 spiro atoms. The largest absolute Gasteiger partial charge is 0.464 e. The molecule has 172 valence electrons. The van der Waals surface area contributed by atoms with E-state index in [4.69, 9.17) is 9.47 Å². The topological polar surface area (TPSA) is 107 Å². The maximum absolute atomic E-state index is 11.7. The van der Waals surface area contributed by atoms with Crippen LogP contribution in [0.25, 0.3) is 0 Å². The van der Waals surface area contributed by atoms with Crippen LogP contribution in [0.15, 0.2) is 0 Å². The van der Waals surface area contributed by atoms with Crippen LogP contribution in [0.1, 0.15) is 104 Å². The predicted octanol–water partition coefficient (Wildman–Crippen LogP) is 4.83. The molecule has 0 radical (unpaired) electrons. The lowest BCUT2D eigenvalue weighted by Gasteiger charge is -2.14. The molecule has 8 heteroatoms. The zero-order valence-electron chi connectivity index (χ0n) is 18.2. The standard InChI is InChI=1S/C21H40O7S/c1-3-5-7-9-11-13-15-20(22)27-17-19(29(24,25)26)18-28-21(23)16-14-12-10-8-6-4-2/h19H,3-18H2,1-2H3,(H,24,25,26). The van der Waals surface area contributed by atoms with E-state index in [2.05, 4.69) is 13.8 Å². The third-order valence-corrected chi connectivity index (χ3v) is 5.87. The zero-order chi connectivity index (χ0) is 22.0. The highest BCUT2D eigenvalue weighted by atomic mass is 32.2. The van der Waals surface area contributed by atoms with Crippen LogP contribution in [0.5, 0.6) is 0 Å². The fraction of sp³-hybridized carbons (Fsp3) is 0.905. The van der Waals surface area contributed by atoms with Crippen LogP contribution in [-0.2, 0) is 29.2 Å². The summed E-state index contributed by atoms with van der Waals surface area (Å²) in [7, 11) is -4.48. The Kier molecular flexibility index (Phi) is 17.0. The molecular weight excluding hydrogens is 396 g/mol. The van der Waals surface area contributed by atoms with Crippen LogP contribution < -0.4 is 0 Å². The minimum atomic E-state index is -4.48. The van der Waals surface area contributed by atoms with Crippen LogP contribution in [0, 0.1) is 0 Å². The van der Waals surface area contributed by atoms with E-state index < -0.39 is 40.5 Å². The van der Waals surface area contributed by atoms with Gasteiger partial charge in [-0.2, -0.15) is 8.42 Å². The normalized spacial score (nSPS) is 11.6. The molecule has 0 aliphatic carbocycles. The summed E-state index contributed by atoms with van der Waals surface area (Å²) in [6, 6.07) is 0. The van der Waals surface area contributed by atoms with Crippen molar-refractivity contribution in [3.8, 4) is 0 Å². The Morgan fingerprint density at radius 2 is 1.03 bits per heavy atom. The monoisotopic (exact) mass is 436 g/mol. The minimum Gasteiger partial charge on any atom is -0.464 e. The first-order valence-electron chi connectivity index (χ1n) is 11.1. The third-order valence-electron chi connectivity index (χ3n) is 4.75. The Morgan fingerprint density at radius 1 is 0.690 bits per heavy atom. The Labute approximate surface area is 176 Å². The van der Waals surface area contributed by atoms with Crippen molar-refractivity contribution >= 4 is 22.1 Å². The molecule has 0 aromatic rings. The molecule has 1 N–H and O–H groups in total. The zero-order valence-corrected chi connectivity index (χ0v) is 19.0.